The number of ether oxygens (including phenoxy) is 1. The normalized spacial score (nSPS) is 27.7. The van der Waals surface area contributed by atoms with Crippen LogP contribution in [0.5, 0.6) is 0 Å². The predicted molar refractivity (Wildman–Crippen MR) is 33.4 cm³/mol. The lowest BCUT2D eigenvalue weighted by Gasteiger charge is -2.27. The van der Waals surface area contributed by atoms with Crippen molar-refractivity contribution in [2.75, 3.05) is 20.3 Å². The SMILES string of the molecule is [CH2-]N(OC)C1CCOC1. The average molecular weight is 130 g/mol. The largest absolute Gasteiger partial charge is 0.380 e. The molecule has 0 aromatic heterocycles. The quantitative estimate of drug-likeness (QED) is 0.399. The Morgan fingerprint density at radius 2 is 2.56 bits per heavy atom. The smallest absolute Gasteiger partial charge is 0.0616 e. The molecule has 3 heteroatoms. The van der Waals surface area contributed by atoms with E-state index < -0.39 is 0 Å². The molecule has 0 N–H and O–H groups in total. The summed E-state index contributed by atoms with van der Waals surface area (Å²) in [6.07, 6.45) is 1.03. The molecule has 1 unspecified atom stereocenters. The van der Waals surface area contributed by atoms with Crippen molar-refractivity contribution in [1.29, 1.82) is 0 Å². The van der Waals surface area contributed by atoms with E-state index in [1.807, 2.05) is 0 Å². The Labute approximate surface area is 55.5 Å². The fraction of sp³-hybridized carbons (Fsp3) is 0.833. The first-order valence-corrected chi connectivity index (χ1v) is 3.06. The molecule has 1 atom stereocenters. The van der Waals surface area contributed by atoms with Gasteiger partial charge in [-0.05, 0) is 6.42 Å². The molecule has 1 aliphatic heterocycles. The van der Waals surface area contributed by atoms with E-state index in [0.717, 1.165) is 19.6 Å². The standard InChI is InChI=1S/C6H12NO2/c1-7(8-2)6-3-4-9-5-6/h6H,1,3-5H2,2H3/q-1. The molecule has 0 aromatic rings. The van der Waals surface area contributed by atoms with E-state index in [2.05, 4.69) is 7.05 Å². The van der Waals surface area contributed by atoms with E-state index in [-0.39, 0.29) is 0 Å². The van der Waals surface area contributed by atoms with Gasteiger partial charge in [0.25, 0.3) is 0 Å². The third kappa shape index (κ3) is 1.64. The van der Waals surface area contributed by atoms with Crippen LogP contribution >= 0.6 is 0 Å². The van der Waals surface area contributed by atoms with Crippen LogP contribution in [0.3, 0.4) is 0 Å². The Bertz CT molecular complexity index is 81.1. The molecular weight excluding hydrogens is 118 g/mol. The summed E-state index contributed by atoms with van der Waals surface area (Å²) in [5, 5.41) is 1.59. The molecule has 1 fully saturated rings. The fourth-order valence-electron chi connectivity index (χ4n) is 0.898. The van der Waals surface area contributed by atoms with Crippen molar-refractivity contribution >= 4 is 0 Å². The van der Waals surface area contributed by atoms with E-state index in [4.69, 9.17) is 9.57 Å². The average Bonchev–Trinajstić information content (AvgIpc) is 2.37. The maximum atomic E-state index is 5.12. The van der Waals surface area contributed by atoms with E-state index in [1.165, 1.54) is 0 Å². The van der Waals surface area contributed by atoms with Crippen LogP contribution in [-0.2, 0) is 9.57 Å². The van der Waals surface area contributed by atoms with Crippen LogP contribution < -0.4 is 0 Å². The molecule has 0 amide bonds. The number of hydrogen-bond acceptors (Lipinski definition) is 3. The summed E-state index contributed by atoms with van der Waals surface area (Å²) in [5.41, 5.74) is 0. The second-order valence-electron chi connectivity index (χ2n) is 2.12. The van der Waals surface area contributed by atoms with Gasteiger partial charge in [-0.1, -0.05) is 0 Å². The van der Waals surface area contributed by atoms with E-state index in [0.29, 0.717) is 6.04 Å². The highest BCUT2D eigenvalue weighted by Gasteiger charge is 2.15. The first kappa shape index (κ1) is 6.99. The number of rotatable bonds is 2. The molecule has 3 nitrogen and oxygen atoms in total. The zero-order valence-electron chi connectivity index (χ0n) is 5.67. The molecule has 1 rings (SSSR count). The highest BCUT2D eigenvalue weighted by molar-refractivity contribution is 4.69. The summed E-state index contributed by atoms with van der Waals surface area (Å²) in [6.45, 7) is 1.58. The highest BCUT2D eigenvalue weighted by Crippen LogP contribution is 2.10. The van der Waals surface area contributed by atoms with Crippen LogP contribution in [0.15, 0.2) is 0 Å². The van der Waals surface area contributed by atoms with Crippen LogP contribution in [-0.4, -0.2) is 31.4 Å². The van der Waals surface area contributed by atoms with Gasteiger partial charge in [-0.3, -0.25) is 7.05 Å². The lowest BCUT2D eigenvalue weighted by Crippen LogP contribution is -2.28. The van der Waals surface area contributed by atoms with E-state index in [9.17, 15) is 0 Å². The first-order valence-electron chi connectivity index (χ1n) is 3.06. The topological polar surface area (TPSA) is 21.7 Å². The molecule has 1 heterocycles. The summed E-state index contributed by atoms with van der Waals surface area (Å²) in [6, 6.07) is 0.356. The predicted octanol–water partition coefficient (Wildman–Crippen LogP) is 0.430. The van der Waals surface area contributed by atoms with Crippen LogP contribution in [0, 0.1) is 7.05 Å². The Morgan fingerprint density at radius 1 is 1.78 bits per heavy atom. The van der Waals surface area contributed by atoms with Gasteiger partial charge >= 0.3 is 0 Å². The van der Waals surface area contributed by atoms with Crippen LogP contribution in [0.25, 0.3) is 0 Å². The van der Waals surface area contributed by atoms with Crippen LogP contribution in [0.4, 0.5) is 0 Å². The second kappa shape index (κ2) is 3.15. The van der Waals surface area contributed by atoms with Gasteiger partial charge < -0.3 is 14.6 Å². The summed E-state index contributed by atoms with van der Waals surface area (Å²) in [7, 11) is 5.29. The van der Waals surface area contributed by atoms with Gasteiger partial charge in [0.05, 0.1) is 13.7 Å². The van der Waals surface area contributed by atoms with E-state index in [1.54, 1.807) is 12.2 Å². The molecule has 54 valence electrons. The molecule has 1 aliphatic rings. The zero-order valence-corrected chi connectivity index (χ0v) is 5.67. The minimum absolute atomic E-state index is 0.356. The summed E-state index contributed by atoms with van der Waals surface area (Å²) in [5.74, 6) is 0. The van der Waals surface area contributed by atoms with Crippen molar-refractivity contribution in [3.8, 4) is 0 Å². The van der Waals surface area contributed by atoms with Crippen molar-refractivity contribution in [3.05, 3.63) is 7.05 Å². The van der Waals surface area contributed by atoms with Gasteiger partial charge in [0, 0.05) is 12.6 Å². The van der Waals surface area contributed by atoms with Gasteiger partial charge in [0.1, 0.15) is 0 Å². The van der Waals surface area contributed by atoms with Gasteiger partial charge in [-0.2, -0.15) is 0 Å². The van der Waals surface area contributed by atoms with Crippen molar-refractivity contribution in [2.24, 2.45) is 0 Å². The first-order chi connectivity index (χ1) is 4.34. The van der Waals surface area contributed by atoms with Crippen molar-refractivity contribution in [2.45, 2.75) is 12.5 Å². The molecule has 0 bridgehead atoms. The fourth-order valence-corrected chi connectivity index (χ4v) is 0.898. The zero-order chi connectivity index (χ0) is 6.69. The Balaban J connectivity index is 2.24. The van der Waals surface area contributed by atoms with Crippen LogP contribution in [0.2, 0.25) is 0 Å². The van der Waals surface area contributed by atoms with Gasteiger partial charge in [-0.25, -0.2) is 0 Å². The second-order valence-corrected chi connectivity index (χ2v) is 2.12. The molecular formula is C6H12NO2-. The molecule has 0 radical (unpaired) electrons. The van der Waals surface area contributed by atoms with Crippen molar-refractivity contribution in [1.82, 2.24) is 5.06 Å². The number of nitrogens with zero attached hydrogens (tertiary/aromatic N) is 1. The Hall–Kier alpha value is -0.120. The van der Waals surface area contributed by atoms with Crippen molar-refractivity contribution in [3.63, 3.8) is 0 Å². The van der Waals surface area contributed by atoms with Gasteiger partial charge in [-0.15, -0.1) is 0 Å². The third-order valence-corrected chi connectivity index (χ3v) is 1.55. The Kier molecular flexibility index (Phi) is 2.45. The Morgan fingerprint density at radius 3 is 3.00 bits per heavy atom. The highest BCUT2D eigenvalue weighted by atomic mass is 16.7. The van der Waals surface area contributed by atoms with Gasteiger partial charge in [0.2, 0.25) is 0 Å². The molecule has 0 spiro atoms. The van der Waals surface area contributed by atoms with E-state index >= 15 is 0 Å². The minimum atomic E-state index is 0.356. The summed E-state index contributed by atoms with van der Waals surface area (Å²) < 4.78 is 5.12. The van der Waals surface area contributed by atoms with Crippen molar-refractivity contribution < 1.29 is 9.57 Å². The molecule has 9 heavy (non-hydrogen) atoms. The summed E-state index contributed by atoms with van der Waals surface area (Å²) in [4.78, 5) is 4.88. The molecule has 0 saturated carbocycles. The molecule has 0 aromatic carbocycles. The maximum Gasteiger partial charge on any atom is 0.0616 e. The molecule has 0 aliphatic carbocycles. The van der Waals surface area contributed by atoms with Gasteiger partial charge in [0.15, 0.2) is 0 Å². The number of hydroxylamine groups is 2. The van der Waals surface area contributed by atoms with Crippen LogP contribution in [0.1, 0.15) is 6.42 Å². The monoisotopic (exact) mass is 130 g/mol. The third-order valence-electron chi connectivity index (χ3n) is 1.55. The lowest BCUT2D eigenvalue weighted by molar-refractivity contribution is -0.123. The minimum Gasteiger partial charge on any atom is -0.380 e. The maximum absolute atomic E-state index is 5.12. The number of hydrogen-bond donors (Lipinski definition) is 0. The summed E-state index contributed by atoms with van der Waals surface area (Å²) >= 11 is 0. The molecule has 1 saturated heterocycles. The lowest BCUT2D eigenvalue weighted by atomic mass is 10.3.